The van der Waals surface area contributed by atoms with Crippen molar-refractivity contribution >= 4 is 12.0 Å². The van der Waals surface area contributed by atoms with Gasteiger partial charge in [0.15, 0.2) is 5.60 Å². The number of aromatic nitrogens is 3. The molecular formula is C9H15N5O4. The Kier molecular flexibility index (Phi) is 4.60. The number of nitrogens with zero attached hydrogens (tertiary/aromatic N) is 3. The van der Waals surface area contributed by atoms with Gasteiger partial charge in [-0.1, -0.05) is 5.21 Å². The van der Waals surface area contributed by atoms with Gasteiger partial charge < -0.3 is 20.8 Å². The third-order valence-electron chi connectivity index (χ3n) is 2.15. The second-order valence-corrected chi connectivity index (χ2v) is 3.85. The van der Waals surface area contributed by atoms with Crippen LogP contribution in [0, 0.1) is 0 Å². The summed E-state index contributed by atoms with van der Waals surface area (Å²) in [6.45, 7) is 1.48. The Morgan fingerprint density at radius 3 is 2.72 bits per heavy atom. The number of amides is 2. The van der Waals surface area contributed by atoms with Crippen molar-refractivity contribution in [2.24, 2.45) is 0 Å². The van der Waals surface area contributed by atoms with Crippen LogP contribution in [0.2, 0.25) is 0 Å². The van der Waals surface area contributed by atoms with Crippen LogP contribution in [0.25, 0.3) is 0 Å². The highest BCUT2D eigenvalue weighted by molar-refractivity contribution is 5.79. The van der Waals surface area contributed by atoms with Crippen LogP contribution >= 0.6 is 0 Å². The van der Waals surface area contributed by atoms with E-state index < -0.39 is 17.6 Å². The summed E-state index contributed by atoms with van der Waals surface area (Å²) in [5.74, 6) is -1.40. The summed E-state index contributed by atoms with van der Waals surface area (Å²) in [7, 11) is 0. The van der Waals surface area contributed by atoms with E-state index in [0.29, 0.717) is 13.1 Å². The lowest BCUT2D eigenvalue weighted by molar-refractivity contribution is -0.155. The van der Waals surface area contributed by atoms with Gasteiger partial charge in [0.05, 0.1) is 19.3 Å². The Balaban J connectivity index is 2.20. The van der Waals surface area contributed by atoms with E-state index in [1.54, 1.807) is 6.20 Å². The monoisotopic (exact) mass is 257 g/mol. The molecule has 0 spiro atoms. The van der Waals surface area contributed by atoms with Crippen LogP contribution in [0.15, 0.2) is 12.4 Å². The Morgan fingerprint density at radius 1 is 1.44 bits per heavy atom. The molecule has 4 N–H and O–H groups in total. The van der Waals surface area contributed by atoms with Gasteiger partial charge in [-0.15, -0.1) is 5.10 Å². The second kappa shape index (κ2) is 5.96. The topological polar surface area (TPSA) is 129 Å². The number of carbonyl (C=O) groups excluding carboxylic acids is 1. The van der Waals surface area contributed by atoms with E-state index in [9.17, 15) is 14.7 Å². The molecular weight excluding hydrogens is 242 g/mol. The van der Waals surface area contributed by atoms with Gasteiger partial charge in [-0.2, -0.15) is 0 Å². The lowest BCUT2D eigenvalue weighted by Crippen LogP contribution is -2.49. The highest BCUT2D eigenvalue weighted by atomic mass is 16.4. The maximum atomic E-state index is 11.3. The Morgan fingerprint density at radius 2 is 2.17 bits per heavy atom. The molecule has 0 aliphatic carbocycles. The number of carbonyl (C=O) groups is 2. The summed E-state index contributed by atoms with van der Waals surface area (Å²) in [6.07, 6.45) is 3.17. The maximum absolute atomic E-state index is 11.3. The molecule has 0 fully saturated rings. The zero-order chi connectivity index (χ0) is 13.6. The standard InChI is InChI=1S/C9H15N5O4/c1-9(18,7(15)16)6-11-8(17)10-2-4-14-5-3-12-13-14/h3,5,18H,2,4,6H2,1H3,(H,15,16)(H2,10,11,17). The average molecular weight is 257 g/mol. The summed E-state index contributed by atoms with van der Waals surface area (Å²) < 4.78 is 1.54. The van der Waals surface area contributed by atoms with Gasteiger partial charge in [-0.05, 0) is 6.92 Å². The second-order valence-electron chi connectivity index (χ2n) is 3.85. The highest BCUT2D eigenvalue weighted by Crippen LogP contribution is 2.00. The molecule has 1 aromatic rings. The van der Waals surface area contributed by atoms with Gasteiger partial charge in [0.1, 0.15) is 0 Å². The van der Waals surface area contributed by atoms with Crippen LogP contribution in [0.4, 0.5) is 4.79 Å². The molecule has 18 heavy (non-hydrogen) atoms. The lowest BCUT2D eigenvalue weighted by Gasteiger charge is -2.18. The van der Waals surface area contributed by atoms with Gasteiger partial charge in [0, 0.05) is 12.7 Å². The highest BCUT2D eigenvalue weighted by Gasteiger charge is 2.30. The Hall–Kier alpha value is -2.16. The number of carboxylic acid groups (broad SMARTS) is 1. The molecule has 9 heteroatoms. The zero-order valence-electron chi connectivity index (χ0n) is 9.83. The smallest absolute Gasteiger partial charge is 0.337 e. The van der Waals surface area contributed by atoms with E-state index in [1.165, 1.54) is 10.9 Å². The Bertz CT molecular complexity index is 403. The lowest BCUT2D eigenvalue weighted by atomic mass is 10.1. The molecule has 0 aromatic carbocycles. The van der Waals surface area contributed by atoms with Crippen LogP contribution in [0.5, 0.6) is 0 Å². The van der Waals surface area contributed by atoms with Crippen LogP contribution in [-0.4, -0.2) is 55.9 Å². The first-order valence-electron chi connectivity index (χ1n) is 5.23. The molecule has 0 aliphatic rings. The first-order chi connectivity index (χ1) is 8.42. The molecule has 0 saturated carbocycles. The van der Waals surface area contributed by atoms with Crippen molar-refractivity contribution in [1.82, 2.24) is 25.6 Å². The maximum Gasteiger partial charge on any atom is 0.337 e. The number of rotatable bonds is 6. The van der Waals surface area contributed by atoms with E-state index in [4.69, 9.17) is 5.11 Å². The van der Waals surface area contributed by atoms with Crippen molar-refractivity contribution in [3.63, 3.8) is 0 Å². The van der Waals surface area contributed by atoms with Crippen molar-refractivity contribution in [3.05, 3.63) is 12.4 Å². The molecule has 2 amide bonds. The molecule has 100 valence electrons. The quantitative estimate of drug-likeness (QED) is 0.486. The van der Waals surface area contributed by atoms with Crippen molar-refractivity contribution in [1.29, 1.82) is 0 Å². The summed E-state index contributed by atoms with van der Waals surface area (Å²) in [4.78, 5) is 21.8. The predicted octanol–water partition coefficient (Wildman–Crippen LogP) is -1.59. The largest absolute Gasteiger partial charge is 0.479 e. The molecule has 0 aliphatic heterocycles. The van der Waals surface area contributed by atoms with Crippen molar-refractivity contribution < 1.29 is 19.8 Å². The molecule has 9 nitrogen and oxygen atoms in total. The molecule has 1 unspecified atom stereocenters. The van der Waals surface area contributed by atoms with Gasteiger partial charge in [0.25, 0.3) is 0 Å². The van der Waals surface area contributed by atoms with Crippen LogP contribution < -0.4 is 10.6 Å². The van der Waals surface area contributed by atoms with Crippen LogP contribution in [0.1, 0.15) is 6.92 Å². The third-order valence-corrected chi connectivity index (χ3v) is 2.15. The Labute approximate surface area is 103 Å². The van der Waals surface area contributed by atoms with Crippen molar-refractivity contribution in [2.45, 2.75) is 19.1 Å². The number of carboxylic acids is 1. The minimum absolute atomic E-state index is 0.310. The van der Waals surface area contributed by atoms with E-state index in [2.05, 4.69) is 20.9 Å². The van der Waals surface area contributed by atoms with Crippen molar-refractivity contribution in [3.8, 4) is 0 Å². The molecule has 1 atom stereocenters. The minimum Gasteiger partial charge on any atom is -0.479 e. The summed E-state index contributed by atoms with van der Waals surface area (Å²) in [5, 5.41) is 30.0. The fourth-order valence-corrected chi connectivity index (χ4v) is 1.03. The fourth-order valence-electron chi connectivity index (χ4n) is 1.03. The normalized spacial score (nSPS) is 13.7. The minimum atomic E-state index is -1.98. The van der Waals surface area contributed by atoms with E-state index >= 15 is 0 Å². The van der Waals surface area contributed by atoms with E-state index in [1.807, 2.05) is 0 Å². The van der Waals surface area contributed by atoms with E-state index in [0.717, 1.165) is 6.92 Å². The van der Waals surface area contributed by atoms with E-state index in [-0.39, 0.29) is 6.54 Å². The fraction of sp³-hybridized carbons (Fsp3) is 0.556. The van der Waals surface area contributed by atoms with Crippen LogP contribution in [-0.2, 0) is 11.3 Å². The SMILES string of the molecule is CC(O)(CNC(=O)NCCn1ccnn1)C(=O)O. The third kappa shape index (κ3) is 4.37. The average Bonchev–Trinajstić information content (AvgIpc) is 2.79. The number of hydrogen-bond donors (Lipinski definition) is 4. The molecule has 0 radical (unpaired) electrons. The van der Waals surface area contributed by atoms with Gasteiger partial charge in [-0.25, -0.2) is 9.59 Å². The molecule has 0 saturated heterocycles. The first-order valence-corrected chi connectivity index (χ1v) is 5.23. The number of aliphatic hydroxyl groups is 1. The van der Waals surface area contributed by atoms with Gasteiger partial charge >= 0.3 is 12.0 Å². The summed E-state index contributed by atoms with van der Waals surface area (Å²) in [6, 6.07) is -0.559. The molecule has 1 aromatic heterocycles. The number of aliphatic carboxylic acids is 1. The number of hydrogen-bond acceptors (Lipinski definition) is 5. The summed E-state index contributed by atoms with van der Waals surface area (Å²) in [5.41, 5.74) is -1.98. The van der Waals surface area contributed by atoms with Crippen LogP contribution in [0.3, 0.4) is 0 Å². The molecule has 1 heterocycles. The zero-order valence-corrected chi connectivity index (χ0v) is 9.83. The molecule has 0 bridgehead atoms. The van der Waals surface area contributed by atoms with Gasteiger partial charge in [-0.3, -0.25) is 4.68 Å². The van der Waals surface area contributed by atoms with Crippen molar-refractivity contribution in [2.75, 3.05) is 13.1 Å². The first kappa shape index (κ1) is 13.9. The number of nitrogens with one attached hydrogen (secondary N) is 2. The predicted molar refractivity (Wildman–Crippen MR) is 59.7 cm³/mol. The number of urea groups is 1. The van der Waals surface area contributed by atoms with Gasteiger partial charge in [0.2, 0.25) is 0 Å². The molecule has 1 rings (SSSR count). The summed E-state index contributed by atoms with van der Waals surface area (Å²) >= 11 is 0.